The predicted octanol–water partition coefficient (Wildman–Crippen LogP) is 2.37. The lowest BCUT2D eigenvalue weighted by molar-refractivity contribution is 0.0723. The normalized spacial score (nSPS) is 16.6. The molecule has 4 heterocycles. The number of nitrogens with one attached hydrogen (secondary N) is 1. The third-order valence-electron chi connectivity index (χ3n) is 4.83. The van der Waals surface area contributed by atoms with Gasteiger partial charge in [0, 0.05) is 37.1 Å². The number of hydrogen-bond acceptors (Lipinski definition) is 6. The molecule has 0 radical (unpaired) electrons. The summed E-state index contributed by atoms with van der Waals surface area (Å²) in [6.07, 6.45) is 5.93. The average molecular weight is 352 g/mol. The van der Waals surface area contributed by atoms with Gasteiger partial charge in [0.05, 0.1) is 12.0 Å². The minimum absolute atomic E-state index is 0.132. The van der Waals surface area contributed by atoms with Crippen molar-refractivity contribution < 1.29 is 9.52 Å². The van der Waals surface area contributed by atoms with Crippen molar-refractivity contribution >= 4 is 5.95 Å². The Labute approximate surface area is 150 Å². The van der Waals surface area contributed by atoms with Gasteiger partial charge in [-0.25, -0.2) is 4.98 Å². The Hall–Kier alpha value is -2.93. The van der Waals surface area contributed by atoms with Gasteiger partial charge in [0.1, 0.15) is 11.9 Å². The van der Waals surface area contributed by atoms with Gasteiger partial charge in [0.25, 0.3) is 5.56 Å². The molecule has 1 saturated heterocycles. The van der Waals surface area contributed by atoms with Crippen molar-refractivity contribution in [2.75, 3.05) is 18.0 Å². The fourth-order valence-electron chi connectivity index (χ4n) is 3.38. The van der Waals surface area contributed by atoms with Crippen molar-refractivity contribution in [1.82, 2.24) is 15.0 Å². The molecule has 3 aromatic rings. The van der Waals surface area contributed by atoms with Gasteiger partial charge in [0.15, 0.2) is 0 Å². The van der Waals surface area contributed by atoms with Gasteiger partial charge in [-0.3, -0.25) is 14.8 Å². The van der Waals surface area contributed by atoms with Crippen molar-refractivity contribution in [2.24, 2.45) is 5.92 Å². The molecule has 3 aromatic heterocycles. The minimum atomic E-state index is -0.595. The summed E-state index contributed by atoms with van der Waals surface area (Å²) in [6.45, 7) is 1.43. The molecule has 0 bridgehead atoms. The first-order chi connectivity index (χ1) is 12.7. The molecule has 26 heavy (non-hydrogen) atoms. The highest BCUT2D eigenvalue weighted by molar-refractivity contribution is 5.59. The highest BCUT2D eigenvalue weighted by Gasteiger charge is 2.28. The van der Waals surface area contributed by atoms with Gasteiger partial charge in [-0.2, -0.15) is 0 Å². The number of aromatic nitrogens is 3. The maximum atomic E-state index is 12.1. The van der Waals surface area contributed by atoms with Crippen LogP contribution in [0.25, 0.3) is 11.3 Å². The summed E-state index contributed by atoms with van der Waals surface area (Å²) in [6, 6.07) is 8.74. The first-order valence-electron chi connectivity index (χ1n) is 8.69. The number of hydrogen-bond donors (Lipinski definition) is 2. The average Bonchev–Trinajstić information content (AvgIpc) is 3.22. The Balaban J connectivity index is 1.49. The third-order valence-corrected chi connectivity index (χ3v) is 4.83. The van der Waals surface area contributed by atoms with Gasteiger partial charge >= 0.3 is 0 Å². The van der Waals surface area contributed by atoms with Crippen LogP contribution >= 0.6 is 0 Å². The second-order valence-electron chi connectivity index (χ2n) is 6.47. The topological polar surface area (TPSA) is 95.2 Å². The van der Waals surface area contributed by atoms with Gasteiger partial charge in [-0.05, 0) is 43.0 Å². The molecule has 134 valence electrons. The van der Waals surface area contributed by atoms with Crippen molar-refractivity contribution in [3.05, 3.63) is 65.1 Å². The van der Waals surface area contributed by atoms with Crippen LogP contribution in [-0.4, -0.2) is 33.1 Å². The van der Waals surface area contributed by atoms with Crippen LogP contribution in [0.4, 0.5) is 5.95 Å². The highest BCUT2D eigenvalue weighted by Crippen LogP contribution is 2.32. The van der Waals surface area contributed by atoms with Crippen molar-refractivity contribution in [2.45, 2.75) is 18.9 Å². The Morgan fingerprint density at radius 3 is 2.69 bits per heavy atom. The number of nitrogens with zero attached hydrogens (tertiary/aromatic N) is 3. The first kappa shape index (κ1) is 16.5. The fourth-order valence-corrected chi connectivity index (χ4v) is 3.38. The SMILES string of the molecule is O=c1cc(-c2ccncc2)nc(N2CCC(C(O)c3ccco3)CC2)[nH]1. The lowest BCUT2D eigenvalue weighted by Crippen LogP contribution is -2.37. The van der Waals surface area contributed by atoms with E-state index in [1.165, 1.54) is 6.07 Å². The maximum absolute atomic E-state index is 12.1. The van der Waals surface area contributed by atoms with Gasteiger partial charge < -0.3 is 14.4 Å². The first-order valence-corrected chi connectivity index (χ1v) is 8.69. The summed E-state index contributed by atoms with van der Waals surface area (Å²) in [5.74, 6) is 1.30. The number of aliphatic hydroxyl groups is 1. The molecule has 0 amide bonds. The summed E-state index contributed by atoms with van der Waals surface area (Å²) in [5, 5.41) is 10.4. The number of furan rings is 1. The molecule has 0 saturated carbocycles. The van der Waals surface area contributed by atoms with Crippen LogP contribution in [0.3, 0.4) is 0 Å². The number of aliphatic hydroxyl groups excluding tert-OH is 1. The van der Waals surface area contributed by atoms with Crippen LogP contribution in [0, 0.1) is 5.92 Å². The predicted molar refractivity (Wildman–Crippen MR) is 96.7 cm³/mol. The number of rotatable bonds is 4. The molecule has 1 atom stereocenters. The van der Waals surface area contributed by atoms with E-state index in [0.29, 0.717) is 30.5 Å². The van der Waals surface area contributed by atoms with Gasteiger partial charge in [0.2, 0.25) is 5.95 Å². The lowest BCUT2D eigenvalue weighted by atomic mass is 9.90. The summed E-state index contributed by atoms with van der Waals surface area (Å²) in [4.78, 5) is 25.5. The number of anilines is 1. The maximum Gasteiger partial charge on any atom is 0.252 e. The molecular weight excluding hydrogens is 332 g/mol. The number of H-pyrrole nitrogens is 1. The largest absolute Gasteiger partial charge is 0.467 e. The Morgan fingerprint density at radius 1 is 1.23 bits per heavy atom. The van der Waals surface area contributed by atoms with Crippen LogP contribution in [0.15, 0.2) is 58.2 Å². The third kappa shape index (κ3) is 3.39. The fraction of sp³-hybridized carbons (Fsp3) is 0.316. The Bertz CT molecular complexity index is 900. The van der Waals surface area contributed by atoms with E-state index in [0.717, 1.165) is 18.4 Å². The highest BCUT2D eigenvalue weighted by atomic mass is 16.4. The van der Waals surface area contributed by atoms with Gasteiger partial charge in [-0.1, -0.05) is 0 Å². The lowest BCUT2D eigenvalue weighted by Gasteiger charge is -2.34. The second kappa shape index (κ2) is 7.13. The molecule has 7 heteroatoms. The molecule has 0 aliphatic carbocycles. The molecule has 0 aromatic carbocycles. The quantitative estimate of drug-likeness (QED) is 0.748. The molecule has 1 unspecified atom stereocenters. The zero-order valence-electron chi connectivity index (χ0n) is 14.2. The smallest absolute Gasteiger partial charge is 0.252 e. The van der Waals surface area contributed by atoms with Crippen molar-refractivity contribution in [3.8, 4) is 11.3 Å². The minimum Gasteiger partial charge on any atom is -0.467 e. The summed E-state index contributed by atoms with van der Waals surface area (Å²) in [5.41, 5.74) is 1.30. The van der Waals surface area contributed by atoms with E-state index >= 15 is 0 Å². The standard InChI is InChI=1S/C19H20N4O3/c24-17-12-15(13-3-7-20-8-4-13)21-19(22-17)23-9-5-14(6-10-23)18(25)16-2-1-11-26-16/h1-4,7-8,11-12,14,18,25H,5-6,9-10H2,(H,21,22,24). The van der Waals surface area contributed by atoms with E-state index in [1.54, 1.807) is 30.8 Å². The summed E-state index contributed by atoms with van der Waals surface area (Å²) in [7, 11) is 0. The zero-order valence-corrected chi connectivity index (χ0v) is 14.2. The number of piperidine rings is 1. The monoisotopic (exact) mass is 352 g/mol. The molecule has 2 N–H and O–H groups in total. The zero-order chi connectivity index (χ0) is 17.9. The number of pyridine rings is 1. The molecule has 0 spiro atoms. The van der Waals surface area contributed by atoms with Crippen LogP contribution in [-0.2, 0) is 0 Å². The van der Waals surface area contributed by atoms with Crippen LogP contribution in [0.5, 0.6) is 0 Å². The molecular formula is C19H20N4O3. The molecule has 4 rings (SSSR count). The van der Waals surface area contributed by atoms with E-state index in [1.807, 2.05) is 12.1 Å². The van der Waals surface area contributed by atoms with Crippen molar-refractivity contribution in [3.63, 3.8) is 0 Å². The van der Waals surface area contributed by atoms with E-state index in [9.17, 15) is 9.90 Å². The second-order valence-corrected chi connectivity index (χ2v) is 6.47. The molecule has 1 aliphatic heterocycles. The van der Waals surface area contributed by atoms with E-state index in [4.69, 9.17) is 4.42 Å². The Morgan fingerprint density at radius 2 is 2.00 bits per heavy atom. The molecule has 1 aliphatic rings. The van der Waals surface area contributed by atoms with Gasteiger partial charge in [-0.15, -0.1) is 0 Å². The van der Waals surface area contributed by atoms with Crippen LogP contribution in [0.1, 0.15) is 24.7 Å². The molecule has 1 fully saturated rings. The summed E-state index contributed by atoms with van der Waals surface area (Å²) < 4.78 is 5.31. The van der Waals surface area contributed by atoms with E-state index in [-0.39, 0.29) is 11.5 Å². The van der Waals surface area contributed by atoms with E-state index in [2.05, 4.69) is 19.9 Å². The summed E-state index contributed by atoms with van der Waals surface area (Å²) >= 11 is 0. The molecule has 7 nitrogen and oxygen atoms in total. The van der Waals surface area contributed by atoms with E-state index < -0.39 is 6.10 Å². The van der Waals surface area contributed by atoms with Crippen LogP contribution in [0.2, 0.25) is 0 Å². The number of aromatic amines is 1. The Kier molecular flexibility index (Phi) is 4.53. The van der Waals surface area contributed by atoms with Crippen LogP contribution < -0.4 is 10.5 Å². The van der Waals surface area contributed by atoms with Crippen molar-refractivity contribution in [1.29, 1.82) is 0 Å².